The second-order valence-corrected chi connectivity index (χ2v) is 6.64. The van der Waals surface area contributed by atoms with E-state index in [1.54, 1.807) is 24.3 Å². The maximum atomic E-state index is 12.3. The summed E-state index contributed by atoms with van der Waals surface area (Å²) in [5.41, 5.74) is -1.87. The van der Waals surface area contributed by atoms with Crippen molar-refractivity contribution in [2.75, 3.05) is 5.32 Å². The molecule has 0 radical (unpaired) electrons. The number of benzene rings is 2. The first-order valence-electron chi connectivity index (χ1n) is 6.95. The fraction of sp³-hybridized carbons (Fsp3) is 0.0625. The molecule has 2 aromatic carbocycles. The normalized spacial score (nSPS) is 11.3. The van der Waals surface area contributed by atoms with Gasteiger partial charge in [-0.05, 0) is 59.7 Å². The lowest BCUT2D eigenvalue weighted by Crippen LogP contribution is -2.11. The minimum Gasteiger partial charge on any atom is -0.322 e. The van der Waals surface area contributed by atoms with Gasteiger partial charge in [-0.2, -0.15) is 13.2 Å². The molecule has 4 nitrogen and oxygen atoms in total. The molecule has 128 valence electrons. The maximum Gasteiger partial charge on any atom is 0.446 e. The van der Waals surface area contributed by atoms with Gasteiger partial charge in [-0.3, -0.25) is 4.79 Å². The summed E-state index contributed by atoms with van der Waals surface area (Å²) in [4.78, 5) is 12.2. The molecule has 25 heavy (non-hydrogen) atoms. The van der Waals surface area contributed by atoms with Crippen LogP contribution in [-0.2, 0) is 0 Å². The number of rotatable bonds is 4. The Balaban J connectivity index is 1.65. The molecule has 1 amide bonds. The topological polar surface area (TPSA) is 54.9 Å². The number of hydrogen-bond donors (Lipinski definition) is 1. The predicted molar refractivity (Wildman–Crippen MR) is 91.7 cm³/mol. The average Bonchev–Trinajstić information content (AvgIpc) is 3.09. The Morgan fingerprint density at radius 1 is 1.04 bits per heavy atom. The molecule has 0 fully saturated rings. The molecule has 3 aromatic rings. The largest absolute Gasteiger partial charge is 0.446 e. The van der Waals surface area contributed by atoms with Gasteiger partial charge in [0.2, 0.25) is 0 Å². The van der Waals surface area contributed by atoms with E-state index in [9.17, 15) is 18.0 Å². The van der Waals surface area contributed by atoms with Crippen LogP contribution in [0.25, 0.3) is 11.3 Å². The zero-order chi connectivity index (χ0) is 17.9. The van der Waals surface area contributed by atoms with Crippen molar-refractivity contribution in [2.45, 2.75) is 10.4 Å². The molecule has 0 spiro atoms. The number of carbonyl (C=O) groups excluding carboxylic acids is 1. The van der Waals surface area contributed by atoms with E-state index in [1.807, 2.05) is 5.38 Å². The zero-order valence-electron chi connectivity index (χ0n) is 12.4. The van der Waals surface area contributed by atoms with Crippen molar-refractivity contribution in [3.05, 3.63) is 59.5 Å². The van der Waals surface area contributed by atoms with Crippen LogP contribution in [0.1, 0.15) is 10.4 Å². The third-order valence-corrected chi connectivity index (χ3v) is 4.39. The molecule has 0 bridgehead atoms. The molecule has 0 atom stereocenters. The van der Waals surface area contributed by atoms with E-state index >= 15 is 0 Å². The van der Waals surface area contributed by atoms with E-state index in [0.717, 1.165) is 11.3 Å². The third-order valence-electron chi connectivity index (χ3n) is 3.15. The SMILES string of the molecule is O=C(Nc1ccc(-c2csnn2)cc1)c1ccc(SC(F)(F)F)cc1. The Kier molecular flexibility index (Phi) is 5.05. The van der Waals surface area contributed by atoms with E-state index < -0.39 is 11.4 Å². The number of carbonyl (C=O) groups is 1. The fourth-order valence-electron chi connectivity index (χ4n) is 2.03. The minimum absolute atomic E-state index is 0.0327. The van der Waals surface area contributed by atoms with Crippen molar-refractivity contribution in [2.24, 2.45) is 0 Å². The van der Waals surface area contributed by atoms with Gasteiger partial charge in [0, 0.05) is 27.1 Å². The van der Waals surface area contributed by atoms with E-state index in [-0.39, 0.29) is 22.2 Å². The Hall–Kier alpha value is -2.39. The van der Waals surface area contributed by atoms with Crippen molar-refractivity contribution < 1.29 is 18.0 Å². The molecular weight excluding hydrogens is 371 g/mol. The first-order chi connectivity index (χ1) is 11.9. The van der Waals surface area contributed by atoms with Crippen molar-refractivity contribution >= 4 is 34.9 Å². The van der Waals surface area contributed by atoms with Crippen molar-refractivity contribution in [3.63, 3.8) is 0 Å². The van der Waals surface area contributed by atoms with Gasteiger partial charge in [-0.15, -0.1) is 5.10 Å². The number of nitrogens with one attached hydrogen (secondary N) is 1. The van der Waals surface area contributed by atoms with Crippen molar-refractivity contribution in [3.8, 4) is 11.3 Å². The molecule has 9 heteroatoms. The summed E-state index contributed by atoms with van der Waals surface area (Å²) in [6.45, 7) is 0. The number of halogens is 3. The van der Waals surface area contributed by atoms with Crippen LogP contribution in [0.15, 0.2) is 58.8 Å². The van der Waals surface area contributed by atoms with Crippen LogP contribution >= 0.6 is 23.3 Å². The van der Waals surface area contributed by atoms with Gasteiger partial charge in [0.15, 0.2) is 0 Å². The number of anilines is 1. The summed E-state index contributed by atoms with van der Waals surface area (Å²) < 4.78 is 40.7. The molecule has 0 aliphatic heterocycles. The van der Waals surface area contributed by atoms with Crippen LogP contribution in [0.2, 0.25) is 0 Å². The Morgan fingerprint density at radius 2 is 1.72 bits per heavy atom. The van der Waals surface area contributed by atoms with Gasteiger partial charge in [-0.1, -0.05) is 16.6 Å². The smallest absolute Gasteiger partial charge is 0.322 e. The van der Waals surface area contributed by atoms with Gasteiger partial charge < -0.3 is 5.32 Å². The molecule has 1 aromatic heterocycles. The highest BCUT2D eigenvalue weighted by Gasteiger charge is 2.29. The maximum absolute atomic E-state index is 12.3. The van der Waals surface area contributed by atoms with Crippen LogP contribution in [0, 0.1) is 0 Å². The Bertz CT molecular complexity index is 848. The Labute approximate surface area is 149 Å². The van der Waals surface area contributed by atoms with Gasteiger partial charge in [0.1, 0.15) is 5.69 Å². The van der Waals surface area contributed by atoms with Gasteiger partial charge in [-0.25, -0.2) is 0 Å². The molecule has 0 saturated heterocycles. The summed E-state index contributed by atoms with van der Waals surface area (Å²) >= 11 is 1.03. The molecule has 0 aliphatic carbocycles. The third kappa shape index (κ3) is 4.80. The summed E-state index contributed by atoms with van der Waals surface area (Å²) in [6.07, 6.45) is 0. The summed E-state index contributed by atoms with van der Waals surface area (Å²) in [6, 6.07) is 12.3. The van der Waals surface area contributed by atoms with Crippen LogP contribution in [0.4, 0.5) is 18.9 Å². The highest BCUT2D eigenvalue weighted by atomic mass is 32.2. The van der Waals surface area contributed by atoms with Crippen LogP contribution in [-0.4, -0.2) is 21.0 Å². The molecule has 0 unspecified atom stereocenters. The second-order valence-electron chi connectivity index (χ2n) is 4.89. The number of hydrogen-bond acceptors (Lipinski definition) is 5. The molecule has 0 saturated carbocycles. The summed E-state index contributed by atoms with van der Waals surface area (Å²) in [7, 11) is 0. The lowest BCUT2D eigenvalue weighted by molar-refractivity contribution is -0.0328. The summed E-state index contributed by atoms with van der Waals surface area (Å²) in [5, 5.41) is 8.47. The minimum atomic E-state index is -4.35. The van der Waals surface area contributed by atoms with E-state index in [0.29, 0.717) is 5.69 Å². The molecule has 3 rings (SSSR count). The average molecular weight is 381 g/mol. The molecular formula is C16H10F3N3OS2. The first kappa shape index (κ1) is 17.4. The molecule has 1 N–H and O–H groups in total. The fourth-order valence-corrected chi connectivity index (χ4v) is 3.03. The second kappa shape index (κ2) is 7.24. The van der Waals surface area contributed by atoms with Gasteiger partial charge in [0.25, 0.3) is 5.91 Å². The molecule has 0 aliphatic rings. The number of aromatic nitrogens is 2. The highest BCUT2D eigenvalue weighted by Crippen LogP contribution is 2.36. The monoisotopic (exact) mass is 381 g/mol. The lowest BCUT2D eigenvalue weighted by atomic mass is 10.1. The van der Waals surface area contributed by atoms with E-state index in [2.05, 4.69) is 14.9 Å². The quantitative estimate of drug-likeness (QED) is 0.641. The van der Waals surface area contributed by atoms with Crippen molar-refractivity contribution in [1.82, 2.24) is 9.59 Å². The van der Waals surface area contributed by atoms with Crippen LogP contribution in [0.3, 0.4) is 0 Å². The van der Waals surface area contributed by atoms with Crippen molar-refractivity contribution in [1.29, 1.82) is 0 Å². The standard InChI is InChI=1S/C16H10F3N3OS2/c17-16(18,19)25-13-7-3-11(4-8-13)15(23)20-12-5-1-10(2-6-12)14-9-24-22-21-14/h1-9H,(H,20,23). The van der Waals surface area contributed by atoms with E-state index in [4.69, 9.17) is 0 Å². The van der Waals surface area contributed by atoms with Crippen LogP contribution < -0.4 is 5.32 Å². The van der Waals surface area contributed by atoms with Crippen LogP contribution in [0.5, 0.6) is 0 Å². The predicted octanol–water partition coefficient (Wildman–Crippen LogP) is 5.07. The Morgan fingerprint density at radius 3 is 2.28 bits per heavy atom. The van der Waals surface area contributed by atoms with Gasteiger partial charge >= 0.3 is 5.51 Å². The number of alkyl halides is 3. The highest BCUT2D eigenvalue weighted by molar-refractivity contribution is 8.00. The zero-order valence-corrected chi connectivity index (χ0v) is 14.1. The number of nitrogens with zero attached hydrogens (tertiary/aromatic N) is 2. The number of thioether (sulfide) groups is 1. The van der Waals surface area contributed by atoms with E-state index in [1.165, 1.54) is 35.8 Å². The first-order valence-corrected chi connectivity index (χ1v) is 8.61. The molecule has 1 heterocycles. The lowest BCUT2D eigenvalue weighted by Gasteiger charge is -2.08. The van der Waals surface area contributed by atoms with Gasteiger partial charge in [0.05, 0.1) is 0 Å². The summed E-state index contributed by atoms with van der Waals surface area (Å²) in [5.74, 6) is -0.397. The number of amides is 1.